The Bertz CT molecular complexity index is 602. The Morgan fingerprint density at radius 1 is 1.22 bits per heavy atom. The van der Waals surface area contributed by atoms with E-state index in [9.17, 15) is 8.42 Å². The summed E-state index contributed by atoms with van der Waals surface area (Å²) in [5, 5.41) is 0. The van der Waals surface area contributed by atoms with Gasteiger partial charge in [0.2, 0.25) is 10.0 Å². The summed E-state index contributed by atoms with van der Waals surface area (Å²) in [6, 6.07) is 10.2. The SMILES string of the molecule is CS(=O)(=O)N[C@H]1CN(CCOCc2ccccc2)C[C@@H]1C1CC1. The lowest BCUT2D eigenvalue weighted by molar-refractivity contribution is 0.0978. The van der Waals surface area contributed by atoms with Gasteiger partial charge in [0.05, 0.1) is 19.5 Å². The molecule has 3 rings (SSSR count). The van der Waals surface area contributed by atoms with Crippen LogP contribution in [0.15, 0.2) is 30.3 Å². The summed E-state index contributed by atoms with van der Waals surface area (Å²) in [6.07, 6.45) is 3.73. The summed E-state index contributed by atoms with van der Waals surface area (Å²) in [5.74, 6) is 1.16. The molecule has 128 valence electrons. The third-order valence-electron chi connectivity index (χ3n) is 4.70. The standard InChI is InChI=1S/C17H26N2O3S/c1-23(20,21)18-17-12-19(11-16(17)15-7-8-15)9-10-22-13-14-5-3-2-4-6-14/h2-6,15-18H,7-13H2,1H3/t16-,17+/m1/s1. The Hall–Kier alpha value is -0.950. The maximum absolute atomic E-state index is 11.5. The summed E-state index contributed by atoms with van der Waals surface area (Å²) < 4.78 is 31.7. The van der Waals surface area contributed by atoms with Gasteiger partial charge < -0.3 is 4.74 Å². The molecule has 1 aliphatic heterocycles. The Morgan fingerprint density at radius 2 is 1.96 bits per heavy atom. The molecule has 1 saturated heterocycles. The largest absolute Gasteiger partial charge is 0.375 e. The zero-order chi connectivity index (χ0) is 16.3. The molecule has 5 nitrogen and oxygen atoms in total. The van der Waals surface area contributed by atoms with Gasteiger partial charge in [-0.05, 0) is 30.2 Å². The first-order valence-electron chi connectivity index (χ1n) is 8.32. The molecule has 1 aromatic rings. The number of hydrogen-bond acceptors (Lipinski definition) is 4. The van der Waals surface area contributed by atoms with Gasteiger partial charge in [0.1, 0.15) is 0 Å². The molecule has 6 heteroatoms. The maximum atomic E-state index is 11.5. The number of rotatable bonds is 8. The molecule has 23 heavy (non-hydrogen) atoms. The van der Waals surface area contributed by atoms with Crippen molar-refractivity contribution in [3.63, 3.8) is 0 Å². The minimum atomic E-state index is -3.14. The molecule has 0 aromatic heterocycles. The maximum Gasteiger partial charge on any atom is 0.209 e. The van der Waals surface area contributed by atoms with Gasteiger partial charge in [0.25, 0.3) is 0 Å². The van der Waals surface area contributed by atoms with Crippen molar-refractivity contribution in [2.24, 2.45) is 11.8 Å². The molecule has 1 saturated carbocycles. The Kier molecular flexibility index (Phi) is 5.36. The molecule has 1 aromatic carbocycles. The lowest BCUT2D eigenvalue weighted by Crippen LogP contribution is -2.40. The van der Waals surface area contributed by atoms with Gasteiger partial charge in [0.15, 0.2) is 0 Å². The first-order valence-corrected chi connectivity index (χ1v) is 10.2. The Balaban J connectivity index is 1.43. The van der Waals surface area contributed by atoms with Crippen molar-refractivity contribution < 1.29 is 13.2 Å². The molecule has 0 amide bonds. The van der Waals surface area contributed by atoms with Gasteiger partial charge in [-0.15, -0.1) is 0 Å². The lowest BCUT2D eigenvalue weighted by Gasteiger charge is -2.17. The second kappa shape index (κ2) is 7.30. The molecule has 2 fully saturated rings. The Labute approximate surface area is 139 Å². The van der Waals surface area contributed by atoms with Gasteiger partial charge in [-0.25, -0.2) is 13.1 Å². The highest BCUT2D eigenvalue weighted by Gasteiger charge is 2.43. The van der Waals surface area contributed by atoms with Crippen LogP contribution < -0.4 is 4.72 Å². The molecule has 0 bridgehead atoms. The minimum Gasteiger partial charge on any atom is -0.375 e. The fourth-order valence-corrected chi connectivity index (χ4v) is 4.25. The van der Waals surface area contributed by atoms with E-state index in [-0.39, 0.29) is 6.04 Å². The summed E-state index contributed by atoms with van der Waals surface area (Å²) in [4.78, 5) is 2.33. The van der Waals surface area contributed by atoms with Gasteiger partial charge in [-0.3, -0.25) is 4.90 Å². The second-order valence-corrected chi connectivity index (χ2v) is 8.58. The van der Waals surface area contributed by atoms with Crippen LogP contribution in [0.3, 0.4) is 0 Å². The topological polar surface area (TPSA) is 58.6 Å². The average molecular weight is 338 g/mol. The van der Waals surface area contributed by atoms with Crippen LogP contribution in [0.2, 0.25) is 0 Å². The van der Waals surface area contributed by atoms with Gasteiger partial charge in [-0.2, -0.15) is 0 Å². The third-order valence-corrected chi connectivity index (χ3v) is 5.43. The van der Waals surface area contributed by atoms with Crippen LogP contribution in [0.5, 0.6) is 0 Å². The van der Waals surface area contributed by atoms with Crippen LogP contribution in [0.25, 0.3) is 0 Å². The predicted molar refractivity (Wildman–Crippen MR) is 90.5 cm³/mol. The fourth-order valence-electron chi connectivity index (χ4n) is 3.46. The molecule has 0 unspecified atom stereocenters. The smallest absolute Gasteiger partial charge is 0.209 e. The van der Waals surface area contributed by atoms with Crippen molar-refractivity contribution in [1.29, 1.82) is 0 Å². The van der Waals surface area contributed by atoms with E-state index in [1.807, 2.05) is 18.2 Å². The number of nitrogens with zero attached hydrogens (tertiary/aromatic N) is 1. The van der Waals surface area contributed by atoms with E-state index in [2.05, 4.69) is 21.8 Å². The zero-order valence-electron chi connectivity index (χ0n) is 13.6. The number of sulfonamides is 1. The van der Waals surface area contributed by atoms with Crippen molar-refractivity contribution in [1.82, 2.24) is 9.62 Å². The average Bonchev–Trinajstić information content (AvgIpc) is 3.26. The molecule has 1 heterocycles. The highest BCUT2D eigenvalue weighted by molar-refractivity contribution is 7.88. The quantitative estimate of drug-likeness (QED) is 0.729. The first kappa shape index (κ1) is 16.9. The fraction of sp³-hybridized carbons (Fsp3) is 0.647. The number of hydrogen-bond donors (Lipinski definition) is 1. The van der Waals surface area contributed by atoms with E-state index in [0.717, 1.165) is 19.6 Å². The van der Waals surface area contributed by atoms with Crippen molar-refractivity contribution >= 4 is 10.0 Å². The summed E-state index contributed by atoms with van der Waals surface area (Å²) >= 11 is 0. The van der Waals surface area contributed by atoms with E-state index in [1.165, 1.54) is 24.7 Å². The van der Waals surface area contributed by atoms with Crippen LogP contribution in [-0.4, -0.2) is 51.9 Å². The van der Waals surface area contributed by atoms with Gasteiger partial charge >= 0.3 is 0 Å². The second-order valence-electron chi connectivity index (χ2n) is 6.80. The van der Waals surface area contributed by atoms with Crippen molar-refractivity contribution in [2.75, 3.05) is 32.5 Å². The van der Waals surface area contributed by atoms with Crippen molar-refractivity contribution in [2.45, 2.75) is 25.5 Å². The lowest BCUT2D eigenvalue weighted by atomic mass is 9.99. The van der Waals surface area contributed by atoms with Crippen molar-refractivity contribution in [3.05, 3.63) is 35.9 Å². The molecule has 0 radical (unpaired) electrons. The van der Waals surface area contributed by atoms with E-state index < -0.39 is 10.0 Å². The van der Waals surface area contributed by atoms with E-state index in [4.69, 9.17) is 4.74 Å². The van der Waals surface area contributed by atoms with E-state index >= 15 is 0 Å². The van der Waals surface area contributed by atoms with Gasteiger partial charge in [0, 0.05) is 25.7 Å². The van der Waals surface area contributed by atoms with Crippen molar-refractivity contribution in [3.8, 4) is 0 Å². The molecule has 1 aliphatic carbocycles. The number of ether oxygens (including phenoxy) is 1. The third kappa shape index (κ3) is 5.28. The highest BCUT2D eigenvalue weighted by atomic mass is 32.2. The Morgan fingerprint density at radius 3 is 2.61 bits per heavy atom. The van der Waals surface area contributed by atoms with Crippen LogP contribution >= 0.6 is 0 Å². The summed E-state index contributed by atoms with van der Waals surface area (Å²) in [6.45, 7) is 3.94. The first-order chi connectivity index (χ1) is 11.0. The number of benzene rings is 1. The van der Waals surface area contributed by atoms with Crippen LogP contribution in [0.4, 0.5) is 0 Å². The summed E-state index contributed by atoms with van der Waals surface area (Å²) in [5.41, 5.74) is 1.18. The normalized spacial score (nSPS) is 25.8. The van der Waals surface area contributed by atoms with E-state index in [0.29, 0.717) is 25.0 Å². The predicted octanol–water partition coefficient (Wildman–Crippen LogP) is 1.46. The molecular formula is C17H26N2O3S. The highest BCUT2D eigenvalue weighted by Crippen LogP contribution is 2.41. The van der Waals surface area contributed by atoms with Crippen LogP contribution in [0.1, 0.15) is 18.4 Å². The van der Waals surface area contributed by atoms with Crippen LogP contribution in [0, 0.1) is 11.8 Å². The minimum absolute atomic E-state index is 0.0617. The molecule has 2 atom stereocenters. The van der Waals surface area contributed by atoms with Crippen LogP contribution in [-0.2, 0) is 21.4 Å². The molecule has 0 spiro atoms. The number of nitrogens with one attached hydrogen (secondary N) is 1. The van der Waals surface area contributed by atoms with Gasteiger partial charge in [-0.1, -0.05) is 30.3 Å². The monoisotopic (exact) mass is 338 g/mol. The zero-order valence-corrected chi connectivity index (χ0v) is 14.5. The molecular weight excluding hydrogens is 312 g/mol. The summed E-state index contributed by atoms with van der Waals surface area (Å²) in [7, 11) is -3.14. The number of likely N-dealkylation sites (tertiary alicyclic amines) is 1. The van der Waals surface area contributed by atoms with E-state index in [1.54, 1.807) is 0 Å². The molecule has 2 aliphatic rings. The molecule has 1 N–H and O–H groups in total.